The van der Waals surface area contributed by atoms with E-state index in [1.165, 1.54) is 11.9 Å². The second-order valence-corrected chi connectivity index (χ2v) is 6.89. The fourth-order valence-electron chi connectivity index (χ4n) is 3.01. The molecule has 0 radical (unpaired) electrons. The van der Waals surface area contributed by atoms with E-state index in [-0.39, 0.29) is 11.9 Å². The van der Waals surface area contributed by atoms with Crippen molar-refractivity contribution in [3.63, 3.8) is 0 Å². The Morgan fingerprint density at radius 2 is 1.93 bits per heavy atom. The number of anilines is 1. The van der Waals surface area contributed by atoms with Crippen LogP contribution in [0.25, 0.3) is 5.69 Å². The SMILES string of the molecule is Cc1ccc(NC(=O)CN(C)[C@@H](C)c2ccc(-n3cncn3)cc2)c(C)c1. The Bertz CT molecular complexity index is 903. The molecule has 0 aliphatic rings. The number of nitrogens with zero attached hydrogens (tertiary/aromatic N) is 4. The van der Waals surface area contributed by atoms with Crippen LogP contribution in [0.3, 0.4) is 0 Å². The number of hydrogen-bond acceptors (Lipinski definition) is 4. The molecule has 3 rings (SSSR count). The van der Waals surface area contributed by atoms with Crippen LogP contribution >= 0.6 is 0 Å². The van der Waals surface area contributed by atoms with Crippen molar-refractivity contribution in [3.8, 4) is 5.69 Å². The van der Waals surface area contributed by atoms with Gasteiger partial charge >= 0.3 is 0 Å². The Kier molecular flexibility index (Phi) is 5.66. The first-order valence-electron chi connectivity index (χ1n) is 8.96. The fraction of sp³-hybridized carbons (Fsp3) is 0.286. The summed E-state index contributed by atoms with van der Waals surface area (Å²) in [6.07, 6.45) is 3.18. The van der Waals surface area contributed by atoms with Gasteiger partial charge in [0.05, 0.1) is 12.2 Å². The summed E-state index contributed by atoms with van der Waals surface area (Å²) >= 11 is 0. The molecule has 140 valence electrons. The van der Waals surface area contributed by atoms with Gasteiger partial charge < -0.3 is 5.32 Å². The van der Waals surface area contributed by atoms with Crippen molar-refractivity contribution >= 4 is 11.6 Å². The molecule has 0 aliphatic heterocycles. The second kappa shape index (κ2) is 8.14. The molecule has 27 heavy (non-hydrogen) atoms. The van der Waals surface area contributed by atoms with Gasteiger partial charge in [0.25, 0.3) is 0 Å². The fourth-order valence-corrected chi connectivity index (χ4v) is 3.01. The Labute approximate surface area is 159 Å². The number of nitrogens with one attached hydrogen (secondary N) is 1. The van der Waals surface area contributed by atoms with E-state index in [0.717, 1.165) is 22.5 Å². The largest absolute Gasteiger partial charge is 0.325 e. The molecule has 0 bridgehead atoms. The van der Waals surface area contributed by atoms with Gasteiger partial charge in [-0.05, 0) is 57.1 Å². The van der Waals surface area contributed by atoms with Crippen LogP contribution in [0.2, 0.25) is 0 Å². The number of amides is 1. The number of likely N-dealkylation sites (N-methyl/N-ethyl adjacent to an activating group) is 1. The molecular formula is C21H25N5O. The average molecular weight is 363 g/mol. The van der Waals surface area contributed by atoms with Gasteiger partial charge in [0.15, 0.2) is 0 Å². The van der Waals surface area contributed by atoms with Gasteiger partial charge in [-0.2, -0.15) is 5.10 Å². The zero-order chi connectivity index (χ0) is 19.4. The van der Waals surface area contributed by atoms with Gasteiger partial charge in [0.2, 0.25) is 5.91 Å². The first kappa shape index (κ1) is 18.8. The third-order valence-electron chi connectivity index (χ3n) is 4.77. The van der Waals surface area contributed by atoms with Crippen molar-refractivity contribution in [2.75, 3.05) is 18.9 Å². The van der Waals surface area contributed by atoms with Crippen molar-refractivity contribution in [2.24, 2.45) is 0 Å². The summed E-state index contributed by atoms with van der Waals surface area (Å²) < 4.78 is 1.72. The first-order valence-corrected chi connectivity index (χ1v) is 8.96. The van der Waals surface area contributed by atoms with Crippen LogP contribution in [0.1, 0.15) is 29.7 Å². The molecule has 0 spiro atoms. The molecule has 6 nitrogen and oxygen atoms in total. The lowest BCUT2D eigenvalue weighted by Crippen LogP contribution is -2.32. The number of rotatable bonds is 6. The van der Waals surface area contributed by atoms with Crippen LogP contribution in [0, 0.1) is 13.8 Å². The van der Waals surface area contributed by atoms with Crippen LogP contribution in [0.15, 0.2) is 55.1 Å². The zero-order valence-electron chi connectivity index (χ0n) is 16.2. The molecule has 1 aromatic heterocycles. The lowest BCUT2D eigenvalue weighted by molar-refractivity contribution is -0.117. The van der Waals surface area contributed by atoms with E-state index in [0.29, 0.717) is 6.54 Å². The standard InChI is InChI=1S/C21H25N5O/c1-15-5-10-20(16(2)11-15)24-21(27)12-25(4)17(3)18-6-8-19(9-7-18)26-14-22-13-23-26/h5-11,13-14,17H,12H2,1-4H3,(H,24,27)/t17-/m0/s1. The smallest absolute Gasteiger partial charge is 0.238 e. The minimum absolute atomic E-state index is 0.0180. The number of aromatic nitrogens is 3. The molecule has 6 heteroatoms. The van der Waals surface area contributed by atoms with Crippen molar-refractivity contribution in [2.45, 2.75) is 26.8 Å². The molecule has 1 amide bonds. The maximum absolute atomic E-state index is 12.4. The van der Waals surface area contributed by atoms with E-state index in [9.17, 15) is 4.79 Å². The molecule has 0 saturated heterocycles. The van der Waals surface area contributed by atoms with E-state index in [4.69, 9.17) is 0 Å². The highest BCUT2D eigenvalue weighted by molar-refractivity contribution is 5.93. The Balaban J connectivity index is 1.61. The van der Waals surface area contributed by atoms with Crippen LogP contribution < -0.4 is 5.32 Å². The van der Waals surface area contributed by atoms with Crippen LogP contribution in [-0.4, -0.2) is 39.2 Å². The maximum atomic E-state index is 12.4. The summed E-state index contributed by atoms with van der Waals surface area (Å²) in [6, 6.07) is 14.3. The summed E-state index contributed by atoms with van der Waals surface area (Å²) in [5.41, 5.74) is 5.22. The van der Waals surface area contributed by atoms with E-state index in [1.54, 1.807) is 11.0 Å². The summed E-state index contributed by atoms with van der Waals surface area (Å²) in [4.78, 5) is 18.4. The minimum Gasteiger partial charge on any atom is -0.325 e. The quantitative estimate of drug-likeness (QED) is 0.728. The van der Waals surface area contributed by atoms with E-state index in [2.05, 4.69) is 40.5 Å². The average Bonchev–Trinajstić information content (AvgIpc) is 3.18. The first-order chi connectivity index (χ1) is 12.9. The maximum Gasteiger partial charge on any atom is 0.238 e. The molecule has 2 aromatic carbocycles. The van der Waals surface area contributed by atoms with E-state index >= 15 is 0 Å². The summed E-state index contributed by atoms with van der Waals surface area (Å²) in [5.74, 6) is -0.0180. The molecule has 0 aliphatic carbocycles. The molecule has 0 fully saturated rings. The van der Waals surface area contributed by atoms with Gasteiger partial charge in [-0.3, -0.25) is 9.69 Å². The van der Waals surface area contributed by atoms with Gasteiger partial charge in [0.1, 0.15) is 12.7 Å². The predicted molar refractivity (Wildman–Crippen MR) is 107 cm³/mol. The van der Waals surface area contributed by atoms with Gasteiger partial charge in [-0.25, -0.2) is 9.67 Å². The van der Waals surface area contributed by atoms with Crippen LogP contribution in [0.5, 0.6) is 0 Å². The number of aryl methyl sites for hydroxylation is 2. The predicted octanol–water partition coefficient (Wildman–Crippen LogP) is 3.52. The highest BCUT2D eigenvalue weighted by Gasteiger charge is 2.15. The van der Waals surface area contributed by atoms with Crippen molar-refractivity contribution in [3.05, 3.63) is 71.8 Å². The highest BCUT2D eigenvalue weighted by Crippen LogP contribution is 2.21. The second-order valence-electron chi connectivity index (χ2n) is 6.89. The minimum atomic E-state index is -0.0180. The van der Waals surface area contributed by atoms with Crippen molar-refractivity contribution < 1.29 is 4.79 Å². The Morgan fingerprint density at radius 3 is 2.56 bits per heavy atom. The van der Waals surface area contributed by atoms with E-state index in [1.807, 2.05) is 50.1 Å². The van der Waals surface area contributed by atoms with E-state index < -0.39 is 0 Å². The normalized spacial score (nSPS) is 12.2. The Morgan fingerprint density at radius 1 is 1.19 bits per heavy atom. The summed E-state index contributed by atoms with van der Waals surface area (Å²) in [5, 5.41) is 7.13. The highest BCUT2D eigenvalue weighted by atomic mass is 16.2. The summed E-state index contributed by atoms with van der Waals surface area (Å²) in [7, 11) is 1.96. The van der Waals surface area contributed by atoms with Gasteiger partial charge in [-0.1, -0.05) is 29.8 Å². The van der Waals surface area contributed by atoms with Crippen LogP contribution in [-0.2, 0) is 4.79 Å². The lowest BCUT2D eigenvalue weighted by atomic mass is 10.1. The summed E-state index contributed by atoms with van der Waals surface area (Å²) in [6.45, 7) is 6.46. The number of carbonyl (C=O) groups excluding carboxylic acids is 1. The molecule has 1 atom stereocenters. The number of benzene rings is 2. The van der Waals surface area contributed by atoms with Gasteiger partial charge in [-0.15, -0.1) is 0 Å². The zero-order valence-corrected chi connectivity index (χ0v) is 16.2. The third kappa shape index (κ3) is 4.60. The molecule has 1 heterocycles. The molecule has 0 saturated carbocycles. The number of carbonyl (C=O) groups is 1. The molecule has 3 aromatic rings. The van der Waals surface area contributed by atoms with Gasteiger partial charge in [0, 0.05) is 11.7 Å². The topological polar surface area (TPSA) is 63.1 Å². The monoisotopic (exact) mass is 363 g/mol. The van der Waals surface area contributed by atoms with Crippen molar-refractivity contribution in [1.29, 1.82) is 0 Å². The third-order valence-corrected chi connectivity index (χ3v) is 4.77. The lowest BCUT2D eigenvalue weighted by Gasteiger charge is -2.25. The molecule has 0 unspecified atom stereocenters. The molecular weight excluding hydrogens is 338 g/mol. The Hall–Kier alpha value is -2.99. The number of hydrogen-bond donors (Lipinski definition) is 1. The van der Waals surface area contributed by atoms with Crippen molar-refractivity contribution in [1.82, 2.24) is 19.7 Å². The molecule has 1 N–H and O–H groups in total. The van der Waals surface area contributed by atoms with Crippen LogP contribution in [0.4, 0.5) is 5.69 Å².